The van der Waals surface area contributed by atoms with Crippen LogP contribution in [0.1, 0.15) is 30.6 Å². The lowest BCUT2D eigenvalue weighted by molar-refractivity contribution is 0.0939. The third-order valence-corrected chi connectivity index (χ3v) is 3.99. The smallest absolute Gasteiger partial charge is 0.177 e. The average Bonchev–Trinajstić information content (AvgIpc) is 2.58. The fraction of sp³-hybridized carbons (Fsp3) is 0.500. The number of rotatable bonds is 3. The molecule has 0 aromatic heterocycles. The lowest BCUT2D eigenvalue weighted by Gasteiger charge is -2.19. The molecule has 0 bridgehead atoms. The predicted octanol–water partition coefficient (Wildman–Crippen LogP) is 3.36. The highest BCUT2D eigenvalue weighted by Gasteiger charge is 2.30. The van der Waals surface area contributed by atoms with Crippen molar-refractivity contribution in [1.82, 2.24) is 4.90 Å². The molecule has 0 aliphatic carbocycles. The number of carbonyl (C=O) groups is 1. The first-order chi connectivity index (χ1) is 7.98. The summed E-state index contributed by atoms with van der Waals surface area (Å²) < 4.78 is 0.892. The van der Waals surface area contributed by atoms with E-state index in [1.807, 2.05) is 24.3 Å². The zero-order chi connectivity index (χ0) is 12.5. The van der Waals surface area contributed by atoms with E-state index >= 15 is 0 Å². The van der Waals surface area contributed by atoms with E-state index in [-0.39, 0.29) is 5.78 Å². The van der Waals surface area contributed by atoms with Gasteiger partial charge in [0, 0.05) is 16.6 Å². The molecule has 1 aromatic carbocycles. The molecule has 0 radical (unpaired) electrons. The Morgan fingerprint density at radius 1 is 1.41 bits per heavy atom. The second-order valence-corrected chi connectivity index (χ2v) is 6.38. The van der Waals surface area contributed by atoms with E-state index in [0.29, 0.717) is 12.0 Å². The van der Waals surface area contributed by atoms with E-state index in [1.54, 1.807) is 0 Å². The second kappa shape index (κ2) is 4.91. The van der Waals surface area contributed by atoms with Crippen molar-refractivity contribution in [2.24, 2.45) is 5.41 Å². The van der Waals surface area contributed by atoms with Crippen molar-refractivity contribution in [2.45, 2.75) is 20.3 Å². The topological polar surface area (TPSA) is 20.3 Å². The van der Waals surface area contributed by atoms with Gasteiger partial charge in [0.1, 0.15) is 0 Å². The lowest BCUT2D eigenvalue weighted by Crippen LogP contribution is -2.29. The quantitative estimate of drug-likeness (QED) is 0.797. The molecule has 1 heterocycles. The van der Waals surface area contributed by atoms with Crippen LogP contribution in [0.25, 0.3) is 0 Å². The number of likely N-dealkylation sites (tertiary alicyclic amines) is 1. The lowest BCUT2D eigenvalue weighted by atomic mass is 9.93. The van der Waals surface area contributed by atoms with Gasteiger partial charge in [0.25, 0.3) is 0 Å². The zero-order valence-corrected chi connectivity index (χ0v) is 12.0. The van der Waals surface area contributed by atoms with Gasteiger partial charge in [0.15, 0.2) is 5.78 Å². The second-order valence-electron chi connectivity index (χ2n) is 5.53. The van der Waals surface area contributed by atoms with Crippen LogP contribution in [0.5, 0.6) is 0 Å². The van der Waals surface area contributed by atoms with Crippen molar-refractivity contribution < 1.29 is 4.79 Å². The van der Waals surface area contributed by atoms with Gasteiger partial charge in [-0.15, -0.1) is 0 Å². The maximum Gasteiger partial charge on any atom is 0.177 e. The summed E-state index contributed by atoms with van der Waals surface area (Å²) in [5, 5.41) is 0. The summed E-state index contributed by atoms with van der Waals surface area (Å²) in [6.07, 6.45) is 1.18. The molecule has 92 valence electrons. The molecule has 0 spiro atoms. The Hall–Kier alpha value is -0.670. The van der Waals surface area contributed by atoms with Gasteiger partial charge in [0.05, 0.1) is 6.54 Å². The fourth-order valence-corrected chi connectivity index (χ4v) is 2.84. The molecule has 2 nitrogen and oxygen atoms in total. The van der Waals surface area contributed by atoms with Crippen molar-refractivity contribution in [3.05, 3.63) is 34.3 Å². The van der Waals surface area contributed by atoms with Crippen LogP contribution in [-0.4, -0.2) is 30.3 Å². The highest BCUT2D eigenvalue weighted by Crippen LogP contribution is 2.29. The van der Waals surface area contributed by atoms with Crippen molar-refractivity contribution in [1.29, 1.82) is 0 Å². The minimum atomic E-state index is 0.204. The molecule has 1 saturated heterocycles. The Kier molecular flexibility index (Phi) is 3.69. The van der Waals surface area contributed by atoms with Gasteiger partial charge in [-0.25, -0.2) is 0 Å². The Morgan fingerprint density at radius 3 is 2.71 bits per heavy atom. The number of carbonyl (C=O) groups excluding carboxylic acids is 1. The predicted molar refractivity (Wildman–Crippen MR) is 73.3 cm³/mol. The molecule has 0 unspecified atom stereocenters. The normalized spacial score (nSPS) is 19.5. The SMILES string of the molecule is CC1(C)CCN(CC(=O)c2ccccc2Br)C1. The van der Waals surface area contributed by atoms with Gasteiger partial charge in [-0.2, -0.15) is 0 Å². The van der Waals surface area contributed by atoms with Gasteiger partial charge in [-0.05, 0) is 24.4 Å². The summed E-state index contributed by atoms with van der Waals surface area (Å²) in [5.41, 5.74) is 1.14. The number of nitrogens with zero attached hydrogens (tertiary/aromatic N) is 1. The van der Waals surface area contributed by atoms with Crippen molar-refractivity contribution >= 4 is 21.7 Å². The van der Waals surface area contributed by atoms with E-state index in [1.165, 1.54) is 6.42 Å². The molecule has 0 saturated carbocycles. The average molecular weight is 296 g/mol. The van der Waals surface area contributed by atoms with Crippen LogP contribution in [0.4, 0.5) is 0 Å². The third kappa shape index (κ3) is 3.17. The van der Waals surface area contributed by atoms with Gasteiger partial charge >= 0.3 is 0 Å². The van der Waals surface area contributed by atoms with Crippen LogP contribution < -0.4 is 0 Å². The summed E-state index contributed by atoms with van der Waals surface area (Å²) >= 11 is 3.43. The maximum atomic E-state index is 12.2. The van der Waals surface area contributed by atoms with Crippen molar-refractivity contribution in [3.63, 3.8) is 0 Å². The molecular formula is C14H18BrNO. The monoisotopic (exact) mass is 295 g/mol. The number of hydrogen-bond donors (Lipinski definition) is 0. The summed E-state index contributed by atoms with van der Waals surface area (Å²) in [7, 11) is 0. The third-order valence-electron chi connectivity index (χ3n) is 3.30. The van der Waals surface area contributed by atoms with E-state index in [4.69, 9.17) is 0 Å². The van der Waals surface area contributed by atoms with Gasteiger partial charge in [-0.3, -0.25) is 9.69 Å². The van der Waals surface area contributed by atoms with E-state index in [0.717, 1.165) is 23.1 Å². The van der Waals surface area contributed by atoms with Crippen LogP contribution in [0.15, 0.2) is 28.7 Å². The van der Waals surface area contributed by atoms with Crippen molar-refractivity contribution in [2.75, 3.05) is 19.6 Å². The van der Waals surface area contributed by atoms with Crippen LogP contribution in [-0.2, 0) is 0 Å². The number of Topliss-reactive ketones (excluding diaryl/α,β-unsaturated/α-hetero) is 1. The first kappa shape index (κ1) is 12.8. The number of halogens is 1. The Bertz CT molecular complexity index is 428. The zero-order valence-electron chi connectivity index (χ0n) is 10.4. The van der Waals surface area contributed by atoms with Crippen LogP contribution in [0, 0.1) is 5.41 Å². The van der Waals surface area contributed by atoms with Gasteiger partial charge < -0.3 is 0 Å². The minimum absolute atomic E-state index is 0.204. The summed E-state index contributed by atoms with van der Waals surface area (Å²) in [4.78, 5) is 14.4. The molecule has 1 aliphatic heterocycles. The Balaban J connectivity index is 2.01. The molecular weight excluding hydrogens is 278 g/mol. The van der Waals surface area contributed by atoms with Crippen LogP contribution in [0.2, 0.25) is 0 Å². The summed E-state index contributed by atoms with van der Waals surface area (Å²) in [5.74, 6) is 0.204. The Labute approximate surface area is 111 Å². The van der Waals surface area contributed by atoms with Crippen LogP contribution >= 0.6 is 15.9 Å². The number of benzene rings is 1. The molecule has 1 fully saturated rings. The number of ketones is 1. The van der Waals surface area contributed by atoms with E-state index < -0.39 is 0 Å². The first-order valence-corrected chi connectivity index (χ1v) is 6.77. The standard InChI is InChI=1S/C14H18BrNO/c1-14(2)7-8-16(10-14)9-13(17)11-5-3-4-6-12(11)15/h3-6H,7-10H2,1-2H3. The highest BCUT2D eigenvalue weighted by molar-refractivity contribution is 9.10. The Morgan fingerprint density at radius 2 is 2.12 bits per heavy atom. The molecule has 17 heavy (non-hydrogen) atoms. The molecule has 0 amide bonds. The highest BCUT2D eigenvalue weighted by atomic mass is 79.9. The van der Waals surface area contributed by atoms with Gasteiger partial charge in [0.2, 0.25) is 0 Å². The number of hydrogen-bond acceptors (Lipinski definition) is 2. The van der Waals surface area contributed by atoms with E-state index in [9.17, 15) is 4.79 Å². The first-order valence-electron chi connectivity index (χ1n) is 5.98. The summed E-state index contributed by atoms with van der Waals surface area (Å²) in [6.45, 7) is 7.10. The van der Waals surface area contributed by atoms with Gasteiger partial charge in [-0.1, -0.05) is 48.0 Å². The molecule has 2 rings (SSSR count). The van der Waals surface area contributed by atoms with Crippen LogP contribution in [0.3, 0.4) is 0 Å². The fourth-order valence-electron chi connectivity index (χ4n) is 2.33. The molecule has 1 aromatic rings. The molecule has 3 heteroatoms. The molecule has 0 N–H and O–H groups in total. The molecule has 0 atom stereocenters. The molecule has 1 aliphatic rings. The summed E-state index contributed by atoms with van der Waals surface area (Å²) in [6, 6.07) is 7.64. The van der Waals surface area contributed by atoms with Crippen molar-refractivity contribution in [3.8, 4) is 0 Å². The largest absolute Gasteiger partial charge is 0.295 e. The van der Waals surface area contributed by atoms with E-state index in [2.05, 4.69) is 34.7 Å². The maximum absolute atomic E-state index is 12.2. The minimum Gasteiger partial charge on any atom is -0.295 e.